The number of fused-ring (bicyclic) bond motifs is 6. The van der Waals surface area contributed by atoms with Crippen LogP contribution in [0.15, 0.2) is 97.6 Å². The SMILES string of the molecule is c1cc2ccnc3c4ncc5c6cnc7c8nccc9cccc(c%10ccc(c%11ccc(c(c1)c23)c4c%115)c6c%107)c98. The molecular weight excluding hydrogens is 488 g/mol. The lowest BCUT2D eigenvalue weighted by atomic mass is 9.85. The van der Waals surface area contributed by atoms with Gasteiger partial charge in [0.1, 0.15) is 0 Å². The molecule has 180 valence electrons. The standard InChI is InChI=1S/C36H16N4/c1-3-17-11-13-37-33-27(17)19(5-1)23-9-7-21-22-8-10-24-20-6-2-4-18-12-14-38-34(28(18)20)36-32(24)30(22)26(16-40-36)25-15-39-35(33)31(23)29(21)25/h1-16H. The summed E-state index contributed by atoms with van der Waals surface area (Å²) < 4.78 is 0. The van der Waals surface area contributed by atoms with Gasteiger partial charge in [0.15, 0.2) is 0 Å². The predicted octanol–water partition coefficient (Wildman–Crippen LogP) is 9.11. The van der Waals surface area contributed by atoms with Gasteiger partial charge in [-0.15, -0.1) is 0 Å². The molecule has 11 rings (SSSR count). The maximum atomic E-state index is 5.11. The Morgan fingerprint density at radius 3 is 1.18 bits per heavy atom. The second-order valence-electron chi connectivity index (χ2n) is 11.0. The van der Waals surface area contributed by atoms with Gasteiger partial charge in [-0.3, -0.25) is 19.9 Å². The van der Waals surface area contributed by atoms with Crippen molar-refractivity contribution in [2.24, 2.45) is 0 Å². The molecule has 0 atom stereocenters. The summed E-state index contributed by atoms with van der Waals surface area (Å²) in [6.45, 7) is 0. The third-order valence-electron chi connectivity index (χ3n) is 9.26. The zero-order valence-corrected chi connectivity index (χ0v) is 21.0. The lowest BCUT2D eigenvalue weighted by Crippen LogP contribution is -1.96. The molecule has 40 heavy (non-hydrogen) atoms. The van der Waals surface area contributed by atoms with Gasteiger partial charge in [0.2, 0.25) is 0 Å². The maximum Gasteiger partial charge on any atom is 0.0977 e. The Balaban J connectivity index is 1.45. The quantitative estimate of drug-likeness (QED) is 0.153. The van der Waals surface area contributed by atoms with Crippen LogP contribution in [0.4, 0.5) is 0 Å². The molecule has 4 heteroatoms. The van der Waals surface area contributed by atoms with Gasteiger partial charge < -0.3 is 0 Å². The van der Waals surface area contributed by atoms with Crippen LogP contribution in [-0.4, -0.2) is 19.9 Å². The molecule has 11 aromatic rings. The molecule has 0 N–H and O–H groups in total. The Bertz CT molecular complexity index is 2490. The van der Waals surface area contributed by atoms with Gasteiger partial charge >= 0.3 is 0 Å². The van der Waals surface area contributed by atoms with Crippen LogP contribution in [0.25, 0.3) is 108 Å². The molecule has 0 aliphatic heterocycles. The smallest absolute Gasteiger partial charge is 0.0977 e. The van der Waals surface area contributed by atoms with E-state index >= 15 is 0 Å². The first-order valence-electron chi connectivity index (χ1n) is 13.6. The van der Waals surface area contributed by atoms with E-state index in [1.165, 1.54) is 75.4 Å². The van der Waals surface area contributed by atoms with Crippen molar-refractivity contribution in [2.45, 2.75) is 0 Å². The summed E-state index contributed by atoms with van der Waals surface area (Å²) in [5.74, 6) is 0. The third-order valence-corrected chi connectivity index (χ3v) is 9.26. The number of nitrogens with zero attached hydrogens (tertiary/aromatic N) is 4. The summed E-state index contributed by atoms with van der Waals surface area (Å²) in [7, 11) is 0. The van der Waals surface area contributed by atoms with E-state index in [1.807, 2.05) is 24.8 Å². The topological polar surface area (TPSA) is 51.6 Å². The van der Waals surface area contributed by atoms with E-state index in [2.05, 4.69) is 72.8 Å². The molecule has 4 nitrogen and oxygen atoms in total. The minimum atomic E-state index is 0.965. The minimum Gasteiger partial charge on any atom is -0.254 e. The third kappa shape index (κ3) is 2.02. The summed E-state index contributed by atoms with van der Waals surface area (Å²) in [5.41, 5.74) is 3.86. The Morgan fingerprint density at radius 2 is 0.700 bits per heavy atom. The largest absolute Gasteiger partial charge is 0.254 e. The van der Waals surface area contributed by atoms with Crippen molar-refractivity contribution < 1.29 is 0 Å². The summed E-state index contributed by atoms with van der Waals surface area (Å²) in [4.78, 5) is 19.9. The Hall–Kier alpha value is -5.48. The van der Waals surface area contributed by atoms with Crippen molar-refractivity contribution >= 4 is 108 Å². The van der Waals surface area contributed by atoms with E-state index in [4.69, 9.17) is 19.9 Å². The molecule has 0 unspecified atom stereocenters. The number of pyridine rings is 4. The van der Waals surface area contributed by atoms with E-state index in [1.54, 1.807) is 0 Å². The fraction of sp³-hybridized carbons (Fsp3) is 0. The van der Waals surface area contributed by atoms with E-state index in [0.717, 1.165) is 32.8 Å². The Kier molecular flexibility index (Phi) is 3.12. The van der Waals surface area contributed by atoms with Crippen LogP contribution in [0.3, 0.4) is 0 Å². The monoisotopic (exact) mass is 504 g/mol. The number of benzene rings is 7. The van der Waals surface area contributed by atoms with E-state index in [9.17, 15) is 0 Å². The molecule has 4 heterocycles. The van der Waals surface area contributed by atoms with Crippen LogP contribution in [0.5, 0.6) is 0 Å². The maximum absolute atomic E-state index is 5.11. The molecule has 0 amide bonds. The summed E-state index contributed by atoms with van der Waals surface area (Å²) in [6, 6.07) is 26.4. The van der Waals surface area contributed by atoms with Gasteiger partial charge in [0.25, 0.3) is 0 Å². The molecule has 7 aromatic carbocycles. The number of hydrogen-bond donors (Lipinski definition) is 0. The highest BCUT2D eigenvalue weighted by Crippen LogP contribution is 2.48. The molecule has 0 aliphatic rings. The molecule has 0 saturated heterocycles. The molecule has 4 aromatic heterocycles. The first kappa shape index (κ1) is 19.6. The molecule has 0 radical (unpaired) electrons. The molecule has 0 saturated carbocycles. The van der Waals surface area contributed by atoms with Crippen LogP contribution in [0, 0.1) is 0 Å². The van der Waals surface area contributed by atoms with E-state index < -0.39 is 0 Å². The van der Waals surface area contributed by atoms with Crippen molar-refractivity contribution in [2.75, 3.05) is 0 Å². The van der Waals surface area contributed by atoms with Crippen LogP contribution >= 0.6 is 0 Å². The zero-order chi connectivity index (χ0) is 25.7. The second kappa shape index (κ2) is 6.38. The van der Waals surface area contributed by atoms with Gasteiger partial charge in [-0.25, -0.2) is 0 Å². The van der Waals surface area contributed by atoms with Crippen molar-refractivity contribution in [3.8, 4) is 0 Å². The van der Waals surface area contributed by atoms with Gasteiger partial charge in [-0.05, 0) is 55.2 Å². The number of aromatic nitrogens is 4. The van der Waals surface area contributed by atoms with Gasteiger partial charge in [0.05, 0.1) is 22.1 Å². The van der Waals surface area contributed by atoms with Crippen molar-refractivity contribution in [3.05, 3.63) is 97.6 Å². The van der Waals surface area contributed by atoms with Crippen LogP contribution < -0.4 is 0 Å². The lowest BCUT2D eigenvalue weighted by Gasteiger charge is -2.20. The Labute approximate surface area is 225 Å². The molecule has 0 aliphatic carbocycles. The fourth-order valence-electron chi connectivity index (χ4n) is 7.71. The average molecular weight is 505 g/mol. The van der Waals surface area contributed by atoms with Crippen LogP contribution in [-0.2, 0) is 0 Å². The van der Waals surface area contributed by atoms with Gasteiger partial charge in [-0.2, -0.15) is 0 Å². The van der Waals surface area contributed by atoms with Crippen molar-refractivity contribution in [1.82, 2.24) is 19.9 Å². The number of rotatable bonds is 0. The molecule has 0 spiro atoms. The number of hydrogen-bond acceptors (Lipinski definition) is 4. The van der Waals surface area contributed by atoms with Gasteiger partial charge in [0, 0.05) is 67.9 Å². The van der Waals surface area contributed by atoms with Crippen LogP contribution in [0.2, 0.25) is 0 Å². The highest BCUT2D eigenvalue weighted by molar-refractivity contribution is 6.44. The highest BCUT2D eigenvalue weighted by atomic mass is 14.7. The molecule has 0 bridgehead atoms. The Morgan fingerprint density at radius 1 is 0.300 bits per heavy atom. The van der Waals surface area contributed by atoms with Crippen molar-refractivity contribution in [1.29, 1.82) is 0 Å². The summed E-state index contributed by atoms with van der Waals surface area (Å²) in [5, 5.41) is 19.3. The second-order valence-corrected chi connectivity index (χ2v) is 11.0. The summed E-state index contributed by atoms with van der Waals surface area (Å²) in [6.07, 6.45) is 7.89. The lowest BCUT2D eigenvalue weighted by molar-refractivity contribution is 1.39. The summed E-state index contributed by atoms with van der Waals surface area (Å²) >= 11 is 0. The van der Waals surface area contributed by atoms with Crippen LogP contribution in [0.1, 0.15) is 0 Å². The van der Waals surface area contributed by atoms with E-state index in [-0.39, 0.29) is 0 Å². The average Bonchev–Trinajstić information content (AvgIpc) is 3.01. The zero-order valence-electron chi connectivity index (χ0n) is 21.0. The van der Waals surface area contributed by atoms with Gasteiger partial charge in [-0.1, -0.05) is 60.7 Å². The molecule has 0 fully saturated rings. The predicted molar refractivity (Wildman–Crippen MR) is 166 cm³/mol. The molecular formula is C36H16N4. The minimum absolute atomic E-state index is 0.965. The first-order valence-corrected chi connectivity index (χ1v) is 13.6. The van der Waals surface area contributed by atoms with E-state index in [0.29, 0.717) is 0 Å². The van der Waals surface area contributed by atoms with Crippen molar-refractivity contribution in [3.63, 3.8) is 0 Å². The fourth-order valence-corrected chi connectivity index (χ4v) is 7.71. The highest BCUT2D eigenvalue weighted by Gasteiger charge is 2.23. The normalized spacial score (nSPS) is 13.0. The first-order chi connectivity index (χ1) is 19.9.